The van der Waals surface area contributed by atoms with Crippen molar-refractivity contribution in [1.82, 2.24) is 34.5 Å². The summed E-state index contributed by atoms with van der Waals surface area (Å²) in [5, 5.41) is 11.5. The molecule has 1 atom stereocenters. The molecule has 0 spiro atoms. The lowest BCUT2D eigenvalue weighted by Crippen LogP contribution is -2.11. The molecular weight excluding hydrogens is 364 g/mol. The summed E-state index contributed by atoms with van der Waals surface area (Å²) in [6.45, 7) is 6.06. The van der Waals surface area contributed by atoms with Gasteiger partial charge in [0.25, 0.3) is 0 Å². The van der Waals surface area contributed by atoms with E-state index >= 15 is 0 Å². The Morgan fingerprint density at radius 1 is 1.07 bits per heavy atom. The number of nitrogen functional groups attached to an aromatic ring is 1. The summed E-state index contributed by atoms with van der Waals surface area (Å²) in [5.74, 6) is 0.437. The number of rotatable bonds is 3. The lowest BCUT2D eigenvalue weighted by atomic mass is 10.1. The number of anilines is 1. The van der Waals surface area contributed by atoms with Crippen LogP contribution in [-0.2, 0) is 0 Å². The third-order valence-corrected chi connectivity index (χ3v) is 5.21. The van der Waals surface area contributed by atoms with Gasteiger partial charge in [-0.25, -0.2) is 19.3 Å². The number of nitrogens with zero attached hydrogens (tertiary/aromatic N) is 7. The number of pyridine rings is 1. The number of aryl methyl sites for hydroxylation is 2. The van der Waals surface area contributed by atoms with Crippen molar-refractivity contribution in [2.75, 3.05) is 5.73 Å². The van der Waals surface area contributed by atoms with Crippen LogP contribution in [-0.4, -0.2) is 34.5 Å². The zero-order chi connectivity index (χ0) is 20.1. The number of hydrogen-bond acceptors (Lipinski definition) is 6. The maximum Gasteiger partial charge on any atom is 0.164 e. The topological polar surface area (TPSA) is 100 Å². The van der Waals surface area contributed by atoms with Crippen LogP contribution >= 0.6 is 0 Å². The van der Waals surface area contributed by atoms with E-state index in [1.165, 1.54) is 11.9 Å². The number of aromatic nitrogens is 7. The summed E-state index contributed by atoms with van der Waals surface area (Å²) >= 11 is 0. The van der Waals surface area contributed by atoms with Gasteiger partial charge in [0.05, 0.1) is 40.2 Å². The molecular formula is C21H20N8. The first kappa shape index (κ1) is 17.3. The molecule has 0 aliphatic carbocycles. The summed E-state index contributed by atoms with van der Waals surface area (Å²) in [4.78, 5) is 12.8. The van der Waals surface area contributed by atoms with Crippen molar-refractivity contribution in [1.29, 1.82) is 0 Å². The molecule has 29 heavy (non-hydrogen) atoms. The second kappa shape index (κ2) is 6.37. The van der Waals surface area contributed by atoms with Gasteiger partial charge in [-0.15, -0.1) is 0 Å². The second-order valence-electron chi connectivity index (χ2n) is 7.19. The predicted octanol–water partition coefficient (Wildman–Crippen LogP) is 3.37. The molecule has 8 nitrogen and oxygen atoms in total. The van der Waals surface area contributed by atoms with Gasteiger partial charge in [-0.05, 0) is 44.5 Å². The van der Waals surface area contributed by atoms with Crippen molar-refractivity contribution < 1.29 is 0 Å². The standard InChI is InChI=1S/C21H20N8/c1-12-6-7-16-17(9-12)29(15-5-4-8-23-10-15)27-19(16)14(3)28-21-18(13(2)26-28)20(22)24-11-25-21/h4-11,14H,1-3H3,(H2,22,24,25). The van der Waals surface area contributed by atoms with E-state index < -0.39 is 0 Å². The molecule has 0 bridgehead atoms. The Morgan fingerprint density at radius 3 is 2.72 bits per heavy atom. The summed E-state index contributed by atoms with van der Waals surface area (Å²) < 4.78 is 3.81. The third-order valence-electron chi connectivity index (χ3n) is 5.21. The highest BCUT2D eigenvalue weighted by Crippen LogP contribution is 2.31. The van der Waals surface area contributed by atoms with Crippen molar-refractivity contribution in [3.05, 3.63) is 66.0 Å². The highest BCUT2D eigenvalue weighted by Gasteiger charge is 2.23. The second-order valence-corrected chi connectivity index (χ2v) is 7.19. The van der Waals surface area contributed by atoms with E-state index in [0.29, 0.717) is 11.5 Å². The minimum Gasteiger partial charge on any atom is -0.383 e. The van der Waals surface area contributed by atoms with E-state index in [-0.39, 0.29) is 6.04 Å². The lowest BCUT2D eigenvalue weighted by molar-refractivity contribution is 0.559. The zero-order valence-corrected chi connectivity index (χ0v) is 16.4. The van der Waals surface area contributed by atoms with Crippen LogP contribution in [0.1, 0.15) is 29.9 Å². The van der Waals surface area contributed by atoms with Crippen molar-refractivity contribution in [2.45, 2.75) is 26.8 Å². The van der Waals surface area contributed by atoms with Gasteiger partial charge in [0.1, 0.15) is 12.1 Å². The Labute approximate surface area is 167 Å². The summed E-state index contributed by atoms with van der Waals surface area (Å²) in [6.07, 6.45) is 5.04. The summed E-state index contributed by atoms with van der Waals surface area (Å²) in [5.41, 5.74) is 11.6. The quantitative estimate of drug-likeness (QED) is 0.512. The Balaban J connectivity index is 1.75. The van der Waals surface area contributed by atoms with Gasteiger partial charge < -0.3 is 5.73 Å². The molecule has 0 fully saturated rings. The molecule has 0 radical (unpaired) electrons. The molecule has 0 aliphatic rings. The highest BCUT2D eigenvalue weighted by atomic mass is 15.4. The molecule has 8 heteroatoms. The number of hydrogen-bond donors (Lipinski definition) is 1. The molecule has 1 unspecified atom stereocenters. The van der Waals surface area contributed by atoms with Gasteiger partial charge in [-0.2, -0.15) is 10.2 Å². The first-order valence-corrected chi connectivity index (χ1v) is 9.39. The van der Waals surface area contributed by atoms with Crippen LogP contribution in [0.25, 0.3) is 27.6 Å². The van der Waals surface area contributed by atoms with Gasteiger partial charge >= 0.3 is 0 Å². The van der Waals surface area contributed by atoms with E-state index in [0.717, 1.165) is 33.4 Å². The van der Waals surface area contributed by atoms with Crippen LogP contribution in [0.5, 0.6) is 0 Å². The maximum atomic E-state index is 6.07. The van der Waals surface area contributed by atoms with Crippen molar-refractivity contribution in [3.8, 4) is 5.69 Å². The molecule has 4 heterocycles. The fraction of sp³-hybridized carbons (Fsp3) is 0.190. The molecule has 0 amide bonds. The van der Waals surface area contributed by atoms with Gasteiger partial charge in [0.15, 0.2) is 5.65 Å². The SMILES string of the molecule is Cc1ccc2c(C(C)n3nc(C)c4c(N)ncnc43)nn(-c3cccnc3)c2c1. The van der Waals surface area contributed by atoms with Crippen LogP contribution in [0.2, 0.25) is 0 Å². The molecule has 0 saturated carbocycles. The normalized spacial score (nSPS) is 12.7. The molecule has 2 N–H and O–H groups in total. The van der Waals surface area contributed by atoms with Crippen LogP contribution in [0.4, 0.5) is 5.82 Å². The van der Waals surface area contributed by atoms with E-state index in [1.54, 1.807) is 6.20 Å². The average molecular weight is 384 g/mol. The van der Waals surface area contributed by atoms with E-state index in [9.17, 15) is 0 Å². The fourth-order valence-electron chi connectivity index (χ4n) is 3.79. The molecule has 4 aromatic heterocycles. The van der Waals surface area contributed by atoms with Crippen molar-refractivity contribution >= 4 is 27.8 Å². The van der Waals surface area contributed by atoms with Gasteiger partial charge in [-0.3, -0.25) is 4.98 Å². The highest BCUT2D eigenvalue weighted by molar-refractivity contribution is 5.89. The molecule has 144 valence electrons. The molecule has 5 aromatic rings. The smallest absolute Gasteiger partial charge is 0.164 e. The van der Waals surface area contributed by atoms with E-state index in [2.05, 4.69) is 47.0 Å². The van der Waals surface area contributed by atoms with Crippen molar-refractivity contribution in [2.24, 2.45) is 0 Å². The zero-order valence-electron chi connectivity index (χ0n) is 16.4. The summed E-state index contributed by atoms with van der Waals surface area (Å²) in [7, 11) is 0. The first-order chi connectivity index (χ1) is 14.0. The largest absolute Gasteiger partial charge is 0.383 e. The minimum atomic E-state index is -0.149. The third kappa shape index (κ3) is 2.64. The molecule has 0 aliphatic heterocycles. The molecule has 1 aromatic carbocycles. The monoisotopic (exact) mass is 384 g/mol. The van der Waals surface area contributed by atoms with Crippen LogP contribution in [0, 0.1) is 13.8 Å². The van der Waals surface area contributed by atoms with Crippen LogP contribution < -0.4 is 5.73 Å². The van der Waals surface area contributed by atoms with Gasteiger partial charge in [0, 0.05) is 11.6 Å². The lowest BCUT2D eigenvalue weighted by Gasteiger charge is -2.11. The number of benzene rings is 1. The molecule has 5 rings (SSSR count). The van der Waals surface area contributed by atoms with E-state index in [1.807, 2.05) is 34.6 Å². The Morgan fingerprint density at radius 2 is 1.93 bits per heavy atom. The summed E-state index contributed by atoms with van der Waals surface area (Å²) in [6, 6.07) is 10.1. The van der Waals surface area contributed by atoms with E-state index in [4.69, 9.17) is 15.9 Å². The number of nitrogens with two attached hydrogens (primary N) is 1. The van der Waals surface area contributed by atoms with Crippen LogP contribution in [0.3, 0.4) is 0 Å². The van der Waals surface area contributed by atoms with Gasteiger partial charge in [-0.1, -0.05) is 12.1 Å². The average Bonchev–Trinajstić information content (AvgIpc) is 3.27. The molecule has 0 saturated heterocycles. The van der Waals surface area contributed by atoms with Crippen molar-refractivity contribution in [3.63, 3.8) is 0 Å². The Hall–Kier alpha value is -3.81. The first-order valence-electron chi connectivity index (χ1n) is 9.39. The fourth-order valence-corrected chi connectivity index (χ4v) is 3.79. The Bertz CT molecular complexity index is 1350. The predicted molar refractivity (Wildman–Crippen MR) is 112 cm³/mol. The number of fused-ring (bicyclic) bond motifs is 2. The van der Waals surface area contributed by atoms with Crippen LogP contribution in [0.15, 0.2) is 49.1 Å². The maximum absolute atomic E-state index is 6.07. The Kier molecular flexibility index (Phi) is 3.80. The minimum absolute atomic E-state index is 0.149. The van der Waals surface area contributed by atoms with Gasteiger partial charge in [0.2, 0.25) is 0 Å².